The zero-order chi connectivity index (χ0) is 18.9. The van der Waals surface area contributed by atoms with Crippen LogP contribution >= 0.6 is 0 Å². The van der Waals surface area contributed by atoms with E-state index in [1.807, 2.05) is 78.9 Å². The summed E-state index contributed by atoms with van der Waals surface area (Å²) < 4.78 is 5.69. The Bertz CT molecular complexity index is 779. The minimum absolute atomic E-state index is 0.212. The molecule has 3 aromatic carbocycles. The molecule has 3 nitrogen and oxygen atoms in total. The molecule has 0 aromatic heterocycles. The lowest BCUT2D eigenvalue weighted by molar-refractivity contribution is -0.144. The molecule has 0 aliphatic carbocycles. The molecule has 0 bridgehead atoms. The second kappa shape index (κ2) is 9.58. The summed E-state index contributed by atoms with van der Waals surface area (Å²) >= 11 is 0. The molecule has 0 N–H and O–H groups in total. The van der Waals surface area contributed by atoms with Crippen molar-refractivity contribution < 1.29 is 9.53 Å². The first-order chi connectivity index (χ1) is 13.3. The number of hydrogen-bond acceptors (Lipinski definition) is 3. The number of ether oxygens (including phenoxy) is 1. The Labute approximate surface area is 161 Å². The molecule has 0 saturated heterocycles. The van der Waals surface area contributed by atoms with Gasteiger partial charge in [-0.2, -0.15) is 0 Å². The molecular formula is C24H25NO2. The molecular weight excluding hydrogens is 334 g/mol. The van der Waals surface area contributed by atoms with Crippen LogP contribution < -0.4 is 4.90 Å². The van der Waals surface area contributed by atoms with Gasteiger partial charge in [-0.1, -0.05) is 78.9 Å². The zero-order valence-electron chi connectivity index (χ0n) is 15.6. The van der Waals surface area contributed by atoms with Crippen molar-refractivity contribution in [2.75, 3.05) is 24.6 Å². The Morgan fingerprint density at radius 3 is 1.78 bits per heavy atom. The summed E-state index contributed by atoms with van der Waals surface area (Å²) in [6.07, 6.45) is 0. The number of carbonyl (C=O) groups excluding carboxylic acids is 1. The van der Waals surface area contributed by atoms with Gasteiger partial charge < -0.3 is 9.64 Å². The maximum Gasteiger partial charge on any atom is 0.317 e. The number of carbonyl (C=O) groups is 1. The standard InChI is InChI=1S/C24H25NO2/c1-2-25(22-16-10-5-11-17-22)18-19-27-24(26)23(20-12-6-3-7-13-20)21-14-8-4-9-15-21/h3-17,23H,2,18-19H2,1H3. The summed E-state index contributed by atoms with van der Waals surface area (Å²) in [5.74, 6) is -0.615. The van der Waals surface area contributed by atoms with E-state index < -0.39 is 5.92 Å². The molecule has 0 amide bonds. The van der Waals surface area contributed by atoms with E-state index in [0.717, 1.165) is 23.4 Å². The van der Waals surface area contributed by atoms with Gasteiger partial charge in [0.05, 0.1) is 6.54 Å². The van der Waals surface area contributed by atoms with E-state index in [1.165, 1.54) is 0 Å². The van der Waals surface area contributed by atoms with Crippen LogP contribution in [0.5, 0.6) is 0 Å². The molecule has 0 heterocycles. The van der Waals surface area contributed by atoms with Gasteiger partial charge in [0.1, 0.15) is 12.5 Å². The molecule has 3 heteroatoms. The fourth-order valence-corrected chi connectivity index (χ4v) is 3.20. The Morgan fingerprint density at radius 1 is 0.815 bits per heavy atom. The summed E-state index contributed by atoms with van der Waals surface area (Å²) in [7, 11) is 0. The van der Waals surface area contributed by atoms with Crippen LogP contribution in [-0.4, -0.2) is 25.7 Å². The van der Waals surface area contributed by atoms with E-state index in [2.05, 4.69) is 24.0 Å². The van der Waals surface area contributed by atoms with Gasteiger partial charge in [0.25, 0.3) is 0 Å². The van der Waals surface area contributed by atoms with Gasteiger partial charge in [0, 0.05) is 12.2 Å². The number of hydrogen-bond donors (Lipinski definition) is 0. The van der Waals surface area contributed by atoms with Crippen LogP contribution in [0.15, 0.2) is 91.0 Å². The highest BCUT2D eigenvalue weighted by atomic mass is 16.5. The highest BCUT2D eigenvalue weighted by molar-refractivity contribution is 5.82. The quantitative estimate of drug-likeness (QED) is 0.537. The number of rotatable bonds is 8. The van der Waals surface area contributed by atoms with Gasteiger partial charge in [-0.3, -0.25) is 4.79 Å². The lowest BCUT2D eigenvalue weighted by Gasteiger charge is -2.23. The van der Waals surface area contributed by atoms with Crippen molar-refractivity contribution in [2.24, 2.45) is 0 Å². The topological polar surface area (TPSA) is 29.5 Å². The average molecular weight is 359 g/mol. The number of para-hydroxylation sites is 1. The number of anilines is 1. The summed E-state index contributed by atoms with van der Waals surface area (Å²) in [5.41, 5.74) is 3.03. The second-order valence-electron chi connectivity index (χ2n) is 6.34. The number of benzene rings is 3. The predicted molar refractivity (Wildman–Crippen MR) is 110 cm³/mol. The molecule has 0 saturated carbocycles. The highest BCUT2D eigenvalue weighted by Crippen LogP contribution is 2.26. The van der Waals surface area contributed by atoms with Crippen LogP contribution in [0.1, 0.15) is 24.0 Å². The Morgan fingerprint density at radius 2 is 1.30 bits per heavy atom. The third-order valence-corrected chi connectivity index (χ3v) is 4.61. The first-order valence-electron chi connectivity index (χ1n) is 9.36. The van der Waals surface area contributed by atoms with Gasteiger partial charge in [-0.05, 0) is 30.2 Å². The van der Waals surface area contributed by atoms with Crippen LogP contribution in [0.2, 0.25) is 0 Å². The molecule has 0 aliphatic heterocycles. The highest BCUT2D eigenvalue weighted by Gasteiger charge is 2.24. The minimum Gasteiger partial charge on any atom is -0.463 e. The van der Waals surface area contributed by atoms with Crippen molar-refractivity contribution in [3.8, 4) is 0 Å². The molecule has 0 fully saturated rings. The second-order valence-corrected chi connectivity index (χ2v) is 6.34. The normalized spacial score (nSPS) is 10.6. The fraction of sp³-hybridized carbons (Fsp3) is 0.208. The largest absolute Gasteiger partial charge is 0.463 e. The zero-order valence-corrected chi connectivity index (χ0v) is 15.6. The van der Waals surface area contributed by atoms with Crippen molar-refractivity contribution in [1.29, 1.82) is 0 Å². The predicted octanol–water partition coefficient (Wildman–Crippen LogP) is 4.89. The van der Waals surface area contributed by atoms with E-state index in [1.54, 1.807) is 0 Å². The maximum atomic E-state index is 12.9. The summed E-state index contributed by atoms with van der Waals surface area (Å²) in [6.45, 7) is 3.99. The third-order valence-electron chi connectivity index (χ3n) is 4.61. The summed E-state index contributed by atoms with van der Waals surface area (Å²) in [4.78, 5) is 15.1. The SMILES string of the molecule is CCN(CCOC(=O)C(c1ccccc1)c1ccccc1)c1ccccc1. The number of nitrogens with zero attached hydrogens (tertiary/aromatic N) is 1. The first kappa shape index (κ1) is 18.7. The first-order valence-corrected chi connectivity index (χ1v) is 9.36. The van der Waals surface area contributed by atoms with Crippen molar-refractivity contribution in [1.82, 2.24) is 0 Å². The van der Waals surface area contributed by atoms with E-state index in [9.17, 15) is 4.79 Å². The Kier molecular flexibility index (Phi) is 6.64. The lowest BCUT2D eigenvalue weighted by atomic mass is 9.91. The van der Waals surface area contributed by atoms with Crippen LogP contribution in [0.25, 0.3) is 0 Å². The lowest BCUT2D eigenvalue weighted by Crippen LogP contribution is -2.29. The number of likely N-dealkylation sites (N-methyl/N-ethyl adjacent to an activating group) is 1. The third kappa shape index (κ3) is 4.98. The van der Waals surface area contributed by atoms with E-state index in [0.29, 0.717) is 13.2 Å². The van der Waals surface area contributed by atoms with Crippen LogP contribution in [0.3, 0.4) is 0 Å². The Hall–Kier alpha value is -3.07. The van der Waals surface area contributed by atoms with Crippen molar-refractivity contribution >= 4 is 11.7 Å². The summed E-state index contributed by atoms with van der Waals surface area (Å²) in [6, 6.07) is 29.8. The van der Waals surface area contributed by atoms with E-state index in [-0.39, 0.29) is 5.97 Å². The monoisotopic (exact) mass is 359 g/mol. The molecule has 0 aliphatic rings. The van der Waals surface area contributed by atoms with Crippen molar-refractivity contribution in [2.45, 2.75) is 12.8 Å². The van der Waals surface area contributed by atoms with Gasteiger partial charge in [-0.15, -0.1) is 0 Å². The average Bonchev–Trinajstić information content (AvgIpc) is 2.74. The molecule has 0 radical (unpaired) electrons. The molecule has 0 spiro atoms. The molecule has 138 valence electrons. The Balaban J connectivity index is 1.68. The van der Waals surface area contributed by atoms with Gasteiger partial charge in [0.15, 0.2) is 0 Å². The molecule has 27 heavy (non-hydrogen) atoms. The molecule has 3 rings (SSSR count). The molecule has 0 atom stereocenters. The van der Waals surface area contributed by atoms with Crippen molar-refractivity contribution in [3.63, 3.8) is 0 Å². The van der Waals surface area contributed by atoms with Crippen LogP contribution in [-0.2, 0) is 9.53 Å². The molecule has 0 unspecified atom stereocenters. The van der Waals surface area contributed by atoms with E-state index >= 15 is 0 Å². The van der Waals surface area contributed by atoms with Gasteiger partial charge in [0.2, 0.25) is 0 Å². The van der Waals surface area contributed by atoms with E-state index in [4.69, 9.17) is 4.74 Å². The maximum absolute atomic E-state index is 12.9. The minimum atomic E-state index is -0.404. The smallest absolute Gasteiger partial charge is 0.317 e. The van der Waals surface area contributed by atoms with Gasteiger partial charge in [-0.25, -0.2) is 0 Å². The molecule has 3 aromatic rings. The van der Waals surface area contributed by atoms with Crippen LogP contribution in [0.4, 0.5) is 5.69 Å². The fourth-order valence-electron chi connectivity index (χ4n) is 3.20. The summed E-state index contributed by atoms with van der Waals surface area (Å²) in [5, 5.41) is 0. The van der Waals surface area contributed by atoms with Crippen LogP contribution in [0, 0.1) is 0 Å². The van der Waals surface area contributed by atoms with Gasteiger partial charge >= 0.3 is 5.97 Å². The number of esters is 1. The van der Waals surface area contributed by atoms with Crippen molar-refractivity contribution in [3.05, 3.63) is 102 Å².